The molecular weight excluding hydrogens is 346 g/mol. The number of nitrogens with one attached hydrogen (secondary N) is 1. The first kappa shape index (κ1) is 20.6. The second kappa shape index (κ2) is 9.26. The van der Waals surface area contributed by atoms with E-state index in [2.05, 4.69) is 5.32 Å². The standard InChI is InChI=1S/C21H27NO5/c1-6-26-20(23)18-13(3)22-14(4)19(21(24)27-7-2)17(18)12-15-9-8-10-16(11-15)25-5/h8-11,17,22H,6-7,12H2,1-5H3. The van der Waals surface area contributed by atoms with E-state index in [1.54, 1.807) is 21.0 Å². The van der Waals surface area contributed by atoms with Crippen LogP contribution in [-0.2, 0) is 25.5 Å². The number of carbonyl (C=O) groups excluding carboxylic acids is 2. The first-order valence-corrected chi connectivity index (χ1v) is 9.08. The number of rotatable bonds is 7. The number of benzene rings is 1. The highest BCUT2D eigenvalue weighted by molar-refractivity contribution is 5.97. The third kappa shape index (κ3) is 4.70. The van der Waals surface area contributed by atoms with Gasteiger partial charge in [-0.05, 0) is 51.8 Å². The van der Waals surface area contributed by atoms with Crippen LogP contribution in [0.4, 0.5) is 0 Å². The molecule has 146 valence electrons. The summed E-state index contributed by atoms with van der Waals surface area (Å²) in [5.41, 5.74) is 3.23. The third-order valence-corrected chi connectivity index (χ3v) is 4.44. The molecule has 27 heavy (non-hydrogen) atoms. The maximum absolute atomic E-state index is 12.6. The van der Waals surface area contributed by atoms with Crippen LogP contribution in [-0.4, -0.2) is 32.3 Å². The van der Waals surface area contributed by atoms with Gasteiger partial charge in [0.15, 0.2) is 0 Å². The van der Waals surface area contributed by atoms with Crippen LogP contribution in [0.1, 0.15) is 33.3 Å². The zero-order chi connectivity index (χ0) is 20.0. The topological polar surface area (TPSA) is 73.9 Å². The molecule has 0 fully saturated rings. The Bertz CT molecular complexity index is 739. The molecule has 0 saturated carbocycles. The number of esters is 2. The average Bonchev–Trinajstić information content (AvgIpc) is 2.62. The van der Waals surface area contributed by atoms with Gasteiger partial charge in [-0.25, -0.2) is 9.59 Å². The summed E-state index contributed by atoms with van der Waals surface area (Å²) in [6, 6.07) is 7.59. The van der Waals surface area contributed by atoms with Gasteiger partial charge in [0.25, 0.3) is 0 Å². The van der Waals surface area contributed by atoms with Gasteiger partial charge >= 0.3 is 11.9 Å². The van der Waals surface area contributed by atoms with E-state index in [0.717, 1.165) is 11.3 Å². The molecular formula is C21H27NO5. The Morgan fingerprint density at radius 2 is 1.56 bits per heavy atom. The lowest BCUT2D eigenvalue weighted by molar-refractivity contribution is -0.140. The molecule has 1 heterocycles. The van der Waals surface area contributed by atoms with Crippen molar-refractivity contribution in [1.29, 1.82) is 0 Å². The summed E-state index contributed by atoms with van der Waals surface area (Å²) in [4.78, 5) is 25.3. The van der Waals surface area contributed by atoms with Gasteiger partial charge in [-0.3, -0.25) is 0 Å². The molecule has 0 radical (unpaired) electrons. The summed E-state index contributed by atoms with van der Waals surface area (Å²) in [7, 11) is 1.60. The number of methoxy groups -OCH3 is 1. The van der Waals surface area contributed by atoms with E-state index in [4.69, 9.17) is 14.2 Å². The zero-order valence-corrected chi connectivity index (χ0v) is 16.5. The van der Waals surface area contributed by atoms with Crippen molar-refractivity contribution in [2.45, 2.75) is 34.1 Å². The number of dihydropyridines is 1. The normalized spacial score (nSPS) is 14.7. The summed E-state index contributed by atoms with van der Waals surface area (Å²) in [5, 5.41) is 3.13. The molecule has 0 amide bonds. The highest BCUT2D eigenvalue weighted by Gasteiger charge is 2.36. The Hall–Kier alpha value is -2.76. The lowest BCUT2D eigenvalue weighted by Crippen LogP contribution is -2.34. The summed E-state index contributed by atoms with van der Waals surface area (Å²) in [6.07, 6.45) is 0.454. The molecule has 1 aromatic rings. The molecule has 1 aliphatic rings. The minimum atomic E-state index is -0.462. The van der Waals surface area contributed by atoms with Gasteiger partial charge < -0.3 is 19.5 Å². The second-order valence-corrected chi connectivity index (χ2v) is 6.25. The van der Waals surface area contributed by atoms with E-state index in [0.29, 0.717) is 29.0 Å². The zero-order valence-electron chi connectivity index (χ0n) is 16.5. The molecule has 1 aliphatic heterocycles. The van der Waals surface area contributed by atoms with E-state index >= 15 is 0 Å². The van der Waals surface area contributed by atoms with Gasteiger partial charge in [0.2, 0.25) is 0 Å². The van der Waals surface area contributed by atoms with Crippen LogP contribution < -0.4 is 10.1 Å². The Balaban J connectivity index is 2.50. The van der Waals surface area contributed by atoms with Gasteiger partial charge in [-0.2, -0.15) is 0 Å². The Labute approximate surface area is 160 Å². The highest BCUT2D eigenvalue weighted by atomic mass is 16.5. The third-order valence-electron chi connectivity index (χ3n) is 4.44. The fraction of sp³-hybridized carbons (Fsp3) is 0.429. The van der Waals surface area contributed by atoms with Crippen LogP contribution in [0, 0.1) is 5.92 Å². The van der Waals surface area contributed by atoms with Crippen molar-refractivity contribution < 1.29 is 23.8 Å². The molecule has 6 heteroatoms. The van der Waals surface area contributed by atoms with Crippen LogP contribution in [0.5, 0.6) is 5.75 Å². The number of hydrogen-bond acceptors (Lipinski definition) is 6. The average molecular weight is 373 g/mol. The van der Waals surface area contributed by atoms with E-state index in [1.807, 2.05) is 38.1 Å². The van der Waals surface area contributed by atoms with Crippen molar-refractivity contribution >= 4 is 11.9 Å². The van der Waals surface area contributed by atoms with Crippen molar-refractivity contribution in [1.82, 2.24) is 5.32 Å². The van der Waals surface area contributed by atoms with E-state index in [9.17, 15) is 9.59 Å². The molecule has 1 N–H and O–H groups in total. The predicted molar refractivity (Wildman–Crippen MR) is 102 cm³/mol. The van der Waals surface area contributed by atoms with E-state index in [-0.39, 0.29) is 13.2 Å². The molecule has 1 aromatic carbocycles. The lowest BCUT2D eigenvalue weighted by atomic mass is 9.81. The number of carbonyl (C=O) groups is 2. The number of allylic oxidation sites excluding steroid dienone is 2. The van der Waals surface area contributed by atoms with Crippen molar-refractivity contribution in [3.63, 3.8) is 0 Å². The van der Waals surface area contributed by atoms with E-state index < -0.39 is 17.9 Å². The Morgan fingerprint density at radius 3 is 2.04 bits per heavy atom. The second-order valence-electron chi connectivity index (χ2n) is 6.25. The first-order valence-electron chi connectivity index (χ1n) is 9.08. The molecule has 0 aliphatic carbocycles. The minimum absolute atomic E-state index is 0.263. The highest BCUT2D eigenvalue weighted by Crippen LogP contribution is 2.34. The quantitative estimate of drug-likeness (QED) is 0.740. The maximum atomic E-state index is 12.6. The SMILES string of the molecule is CCOC(=O)C1=C(C)NC(C)=C(C(=O)OCC)C1Cc1cccc(OC)c1. The lowest BCUT2D eigenvalue weighted by Gasteiger charge is -2.30. The van der Waals surface area contributed by atoms with Gasteiger partial charge in [0.1, 0.15) is 5.75 Å². The van der Waals surface area contributed by atoms with Crippen LogP contribution in [0.3, 0.4) is 0 Å². The smallest absolute Gasteiger partial charge is 0.336 e. The number of hydrogen-bond donors (Lipinski definition) is 1. The van der Waals surface area contributed by atoms with Gasteiger partial charge in [-0.15, -0.1) is 0 Å². The molecule has 0 bridgehead atoms. The van der Waals surface area contributed by atoms with Crippen LogP contribution in [0.15, 0.2) is 46.8 Å². The fourth-order valence-corrected chi connectivity index (χ4v) is 3.33. The summed E-state index contributed by atoms with van der Waals surface area (Å²) < 4.78 is 15.8. The fourth-order valence-electron chi connectivity index (χ4n) is 3.33. The van der Waals surface area contributed by atoms with Crippen molar-refractivity contribution in [2.24, 2.45) is 5.92 Å². The van der Waals surface area contributed by atoms with E-state index in [1.165, 1.54) is 0 Å². The monoisotopic (exact) mass is 373 g/mol. The molecule has 0 unspecified atom stereocenters. The van der Waals surface area contributed by atoms with Crippen molar-refractivity contribution in [2.75, 3.05) is 20.3 Å². The molecule has 6 nitrogen and oxygen atoms in total. The summed E-state index contributed by atoms with van der Waals surface area (Å²) in [5.74, 6) is -0.593. The molecule has 0 saturated heterocycles. The van der Waals surface area contributed by atoms with Crippen LogP contribution in [0.25, 0.3) is 0 Å². The predicted octanol–water partition coefficient (Wildman–Crippen LogP) is 3.13. The first-order chi connectivity index (χ1) is 12.9. The van der Waals surface area contributed by atoms with Gasteiger partial charge in [0, 0.05) is 17.3 Å². The summed E-state index contributed by atoms with van der Waals surface area (Å²) in [6.45, 7) is 7.67. The van der Waals surface area contributed by atoms with Crippen molar-refractivity contribution in [3.8, 4) is 5.75 Å². The van der Waals surface area contributed by atoms with Gasteiger partial charge in [0.05, 0.1) is 31.5 Å². The summed E-state index contributed by atoms with van der Waals surface area (Å²) >= 11 is 0. The maximum Gasteiger partial charge on any atom is 0.336 e. The van der Waals surface area contributed by atoms with Crippen LogP contribution >= 0.6 is 0 Å². The van der Waals surface area contributed by atoms with Crippen LogP contribution in [0.2, 0.25) is 0 Å². The largest absolute Gasteiger partial charge is 0.497 e. The number of ether oxygens (including phenoxy) is 3. The van der Waals surface area contributed by atoms with Crippen molar-refractivity contribution in [3.05, 3.63) is 52.4 Å². The molecule has 0 spiro atoms. The molecule has 0 atom stereocenters. The Morgan fingerprint density at radius 1 is 1.00 bits per heavy atom. The van der Waals surface area contributed by atoms with Gasteiger partial charge in [-0.1, -0.05) is 12.1 Å². The molecule has 0 aromatic heterocycles. The Kier molecular flexibility index (Phi) is 7.05. The minimum Gasteiger partial charge on any atom is -0.497 e. The molecule has 2 rings (SSSR count).